The van der Waals surface area contributed by atoms with Crippen molar-refractivity contribution < 1.29 is 9.59 Å². The number of nitrogens with zero attached hydrogens (tertiary/aromatic N) is 2. The van der Waals surface area contributed by atoms with Crippen molar-refractivity contribution in [2.75, 3.05) is 19.6 Å². The average molecular weight is 238 g/mol. The Morgan fingerprint density at radius 3 is 2.41 bits per heavy atom. The molecule has 1 aliphatic carbocycles. The zero-order valence-electron chi connectivity index (χ0n) is 10.8. The zero-order chi connectivity index (χ0) is 12.4. The van der Waals surface area contributed by atoms with Crippen LogP contribution in [0.25, 0.3) is 0 Å². The minimum absolute atomic E-state index is 0.0928. The van der Waals surface area contributed by atoms with Gasteiger partial charge in [0.15, 0.2) is 0 Å². The summed E-state index contributed by atoms with van der Waals surface area (Å²) in [4.78, 5) is 27.8. The fourth-order valence-corrected chi connectivity index (χ4v) is 2.54. The first-order valence-electron chi connectivity index (χ1n) is 6.75. The van der Waals surface area contributed by atoms with E-state index in [0.29, 0.717) is 12.6 Å². The lowest BCUT2D eigenvalue weighted by Crippen LogP contribution is -2.54. The third kappa shape index (κ3) is 2.61. The molecule has 0 atom stereocenters. The molecule has 0 aromatic carbocycles. The molecule has 0 spiro atoms. The predicted octanol–water partition coefficient (Wildman–Crippen LogP) is 1.26. The molecule has 0 aromatic heterocycles. The molecule has 1 saturated carbocycles. The van der Waals surface area contributed by atoms with Gasteiger partial charge in [0, 0.05) is 25.0 Å². The Labute approximate surface area is 103 Å². The number of piperazine rings is 1. The quantitative estimate of drug-likeness (QED) is 0.739. The lowest BCUT2D eigenvalue weighted by molar-refractivity contribution is -0.148. The molecular weight excluding hydrogens is 216 g/mol. The summed E-state index contributed by atoms with van der Waals surface area (Å²) in [5, 5.41) is 0. The van der Waals surface area contributed by atoms with Crippen LogP contribution in [-0.2, 0) is 9.59 Å². The Kier molecular flexibility index (Phi) is 3.69. The van der Waals surface area contributed by atoms with Crippen LogP contribution >= 0.6 is 0 Å². The van der Waals surface area contributed by atoms with Crippen molar-refractivity contribution >= 4 is 11.8 Å². The van der Waals surface area contributed by atoms with E-state index in [1.165, 1.54) is 0 Å². The summed E-state index contributed by atoms with van der Waals surface area (Å²) >= 11 is 0. The molecule has 17 heavy (non-hydrogen) atoms. The Balaban J connectivity index is 1.91. The van der Waals surface area contributed by atoms with E-state index in [2.05, 4.69) is 0 Å². The van der Waals surface area contributed by atoms with Gasteiger partial charge in [-0.3, -0.25) is 9.59 Å². The SMILES string of the molecule is CCC(CC)C(=O)N1CCN(C2CC2)C(=O)C1. The summed E-state index contributed by atoms with van der Waals surface area (Å²) in [5.41, 5.74) is 0. The maximum Gasteiger partial charge on any atom is 0.242 e. The van der Waals surface area contributed by atoms with Crippen molar-refractivity contribution in [2.45, 2.75) is 45.6 Å². The first-order chi connectivity index (χ1) is 8.17. The number of amides is 2. The number of rotatable bonds is 4. The van der Waals surface area contributed by atoms with Gasteiger partial charge in [-0.2, -0.15) is 0 Å². The molecule has 2 fully saturated rings. The highest BCUT2D eigenvalue weighted by atomic mass is 16.2. The van der Waals surface area contributed by atoms with Gasteiger partial charge >= 0.3 is 0 Å². The van der Waals surface area contributed by atoms with Gasteiger partial charge in [-0.15, -0.1) is 0 Å². The van der Waals surface area contributed by atoms with Crippen LogP contribution in [0.15, 0.2) is 0 Å². The molecule has 2 rings (SSSR count). The second-order valence-electron chi connectivity index (χ2n) is 5.09. The van der Waals surface area contributed by atoms with Gasteiger partial charge in [0.1, 0.15) is 0 Å². The fourth-order valence-electron chi connectivity index (χ4n) is 2.54. The number of carbonyl (C=O) groups is 2. The summed E-state index contributed by atoms with van der Waals surface area (Å²) < 4.78 is 0. The van der Waals surface area contributed by atoms with Gasteiger partial charge in [0.25, 0.3) is 0 Å². The third-order valence-corrected chi connectivity index (χ3v) is 3.89. The van der Waals surface area contributed by atoms with Gasteiger partial charge < -0.3 is 9.80 Å². The summed E-state index contributed by atoms with van der Waals surface area (Å²) in [7, 11) is 0. The van der Waals surface area contributed by atoms with Crippen molar-refractivity contribution in [3.63, 3.8) is 0 Å². The fraction of sp³-hybridized carbons (Fsp3) is 0.846. The molecule has 0 N–H and O–H groups in total. The normalized spacial score (nSPS) is 21.2. The first kappa shape index (κ1) is 12.4. The second-order valence-corrected chi connectivity index (χ2v) is 5.09. The van der Waals surface area contributed by atoms with Crippen molar-refractivity contribution in [1.29, 1.82) is 0 Å². The van der Waals surface area contributed by atoms with Gasteiger partial charge in [-0.25, -0.2) is 0 Å². The Bertz CT molecular complexity index is 309. The smallest absolute Gasteiger partial charge is 0.242 e. The second kappa shape index (κ2) is 5.07. The number of carbonyl (C=O) groups excluding carboxylic acids is 2. The molecule has 1 aliphatic heterocycles. The molecule has 2 amide bonds. The van der Waals surface area contributed by atoms with Gasteiger partial charge in [0.05, 0.1) is 6.54 Å². The molecule has 0 unspecified atom stereocenters. The molecular formula is C13H22N2O2. The van der Waals surface area contributed by atoms with Crippen LogP contribution in [0.4, 0.5) is 0 Å². The minimum atomic E-state index is 0.0928. The molecule has 0 aromatic rings. The van der Waals surface area contributed by atoms with E-state index in [1.807, 2.05) is 18.7 Å². The molecule has 0 bridgehead atoms. The van der Waals surface area contributed by atoms with Gasteiger partial charge in [-0.05, 0) is 25.7 Å². The summed E-state index contributed by atoms with van der Waals surface area (Å²) in [6.45, 7) is 5.82. The molecule has 0 radical (unpaired) electrons. The van der Waals surface area contributed by atoms with E-state index in [1.54, 1.807) is 4.90 Å². The van der Waals surface area contributed by atoms with E-state index in [4.69, 9.17) is 0 Å². The van der Waals surface area contributed by atoms with Gasteiger partial charge in [0.2, 0.25) is 11.8 Å². The molecule has 1 heterocycles. The molecule has 96 valence electrons. The largest absolute Gasteiger partial charge is 0.336 e. The molecule has 1 saturated heterocycles. The standard InChI is InChI=1S/C13H22N2O2/c1-3-10(4-2)13(17)14-7-8-15(11-5-6-11)12(16)9-14/h10-11H,3-9H2,1-2H3. The van der Waals surface area contributed by atoms with Crippen LogP contribution < -0.4 is 0 Å². The van der Waals surface area contributed by atoms with Crippen LogP contribution in [0.5, 0.6) is 0 Å². The third-order valence-electron chi connectivity index (χ3n) is 3.89. The van der Waals surface area contributed by atoms with Crippen LogP contribution in [0.1, 0.15) is 39.5 Å². The van der Waals surface area contributed by atoms with Crippen molar-refractivity contribution in [1.82, 2.24) is 9.80 Å². The number of hydrogen-bond acceptors (Lipinski definition) is 2. The Morgan fingerprint density at radius 1 is 1.29 bits per heavy atom. The van der Waals surface area contributed by atoms with Crippen LogP contribution in [0, 0.1) is 5.92 Å². The Hall–Kier alpha value is -1.06. The average Bonchev–Trinajstić information content (AvgIpc) is 3.14. The monoisotopic (exact) mass is 238 g/mol. The summed E-state index contributed by atoms with van der Waals surface area (Å²) in [6.07, 6.45) is 4.02. The Morgan fingerprint density at radius 2 is 1.94 bits per heavy atom. The van der Waals surface area contributed by atoms with E-state index < -0.39 is 0 Å². The lowest BCUT2D eigenvalue weighted by Gasteiger charge is -2.36. The zero-order valence-corrected chi connectivity index (χ0v) is 10.8. The van der Waals surface area contributed by atoms with E-state index in [0.717, 1.165) is 38.8 Å². The highest BCUT2D eigenvalue weighted by Crippen LogP contribution is 2.28. The summed E-state index contributed by atoms with van der Waals surface area (Å²) in [5.74, 6) is 0.395. The van der Waals surface area contributed by atoms with Crippen molar-refractivity contribution in [3.05, 3.63) is 0 Å². The van der Waals surface area contributed by atoms with E-state index >= 15 is 0 Å². The van der Waals surface area contributed by atoms with Crippen LogP contribution in [0.3, 0.4) is 0 Å². The van der Waals surface area contributed by atoms with Gasteiger partial charge in [-0.1, -0.05) is 13.8 Å². The highest BCUT2D eigenvalue weighted by Gasteiger charge is 2.37. The minimum Gasteiger partial charge on any atom is -0.336 e. The lowest BCUT2D eigenvalue weighted by atomic mass is 10.0. The molecule has 4 heteroatoms. The molecule has 4 nitrogen and oxygen atoms in total. The first-order valence-corrected chi connectivity index (χ1v) is 6.75. The summed E-state index contributed by atoms with van der Waals surface area (Å²) in [6, 6.07) is 0.480. The molecule has 2 aliphatic rings. The van der Waals surface area contributed by atoms with Crippen LogP contribution in [-0.4, -0.2) is 47.3 Å². The predicted molar refractivity (Wildman–Crippen MR) is 65.4 cm³/mol. The van der Waals surface area contributed by atoms with E-state index in [-0.39, 0.29) is 17.7 Å². The van der Waals surface area contributed by atoms with Crippen molar-refractivity contribution in [2.24, 2.45) is 5.92 Å². The maximum absolute atomic E-state index is 12.2. The van der Waals surface area contributed by atoms with Crippen molar-refractivity contribution in [3.8, 4) is 0 Å². The van der Waals surface area contributed by atoms with E-state index in [9.17, 15) is 9.59 Å². The topological polar surface area (TPSA) is 40.6 Å². The van der Waals surface area contributed by atoms with Crippen LogP contribution in [0.2, 0.25) is 0 Å². The maximum atomic E-state index is 12.2. The number of hydrogen-bond donors (Lipinski definition) is 0. The highest BCUT2D eigenvalue weighted by molar-refractivity contribution is 5.87.